The summed E-state index contributed by atoms with van der Waals surface area (Å²) in [6, 6.07) is 22.0. The van der Waals surface area contributed by atoms with Gasteiger partial charge in [0.1, 0.15) is 17.9 Å². The molecule has 3 heterocycles. The third-order valence-corrected chi connectivity index (χ3v) is 8.39. The van der Waals surface area contributed by atoms with Crippen molar-refractivity contribution < 1.29 is 19.1 Å². The number of carbonyl (C=O) groups excluding carboxylic acids is 2. The molecule has 0 atom stereocenters. The highest BCUT2D eigenvalue weighted by Crippen LogP contribution is 2.34. The fourth-order valence-corrected chi connectivity index (χ4v) is 5.83. The lowest BCUT2D eigenvalue weighted by Gasteiger charge is -2.17. The number of aryl methyl sites for hydroxylation is 1. The molecule has 6 aromatic rings. The molecule has 3 aromatic heterocycles. The van der Waals surface area contributed by atoms with E-state index in [2.05, 4.69) is 10.3 Å². The second-order valence-corrected chi connectivity index (χ2v) is 11.6. The predicted molar refractivity (Wildman–Crippen MR) is 187 cm³/mol. The van der Waals surface area contributed by atoms with Gasteiger partial charge in [0.25, 0.3) is 0 Å². The highest BCUT2D eigenvalue weighted by atomic mass is 35.5. The normalized spacial score (nSPS) is 11.2. The monoisotopic (exact) mass is 679 g/mol. The van der Waals surface area contributed by atoms with Crippen molar-refractivity contribution >= 4 is 52.1 Å². The van der Waals surface area contributed by atoms with Crippen LogP contribution in [0.3, 0.4) is 0 Å². The first kappa shape index (κ1) is 32.6. The Bertz CT molecular complexity index is 2120. The molecule has 0 radical (unpaired) electrons. The zero-order valence-electron chi connectivity index (χ0n) is 26.2. The van der Waals surface area contributed by atoms with E-state index in [4.69, 9.17) is 37.7 Å². The molecule has 0 fully saturated rings. The summed E-state index contributed by atoms with van der Waals surface area (Å²) in [6.45, 7) is 4.37. The lowest BCUT2D eigenvalue weighted by atomic mass is 10.1. The molecule has 9 nitrogen and oxygen atoms in total. The number of rotatable bonds is 11. The van der Waals surface area contributed by atoms with E-state index in [0.29, 0.717) is 39.2 Å². The highest BCUT2D eigenvalue weighted by Gasteiger charge is 2.17. The Balaban J connectivity index is 1.16. The van der Waals surface area contributed by atoms with Gasteiger partial charge in [-0.25, -0.2) is 14.8 Å². The molecular formula is C37H31Cl2N5O4. The lowest BCUT2D eigenvalue weighted by molar-refractivity contribution is -0.116. The molecule has 0 bridgehead atoms. The van der Waals surface area contributed by atoms with Crippen LogP contribution in [0, 0.1) is 6.92 Å². The molecule has 0 saturated heterocycles. The van der Waals surface area contributed by atoms with Gasteiger partial charge in [0.05, 0.1) is 41.4 Å². The van der Waals surface area contributed by atoms with Gasteiger partial charge in [-0.2, -0.15) is 0 Å². The van der Waals surface area contributed by atoms with Gasteiger partial charge in [-0.3, -0.25) is 4.79 Å². The van der Waals surface area contributed by atoms with Crippen LogP contribution in [0.15, 0.2) is 104 Å². The Labute approximate surface area is 287 Å². The largest absolute Gasteiger partial charge is 0.487 e. The van der Waals surface area contributed by atoms with Crippen LogP contribution >= 0.6 is 23.2 Å². The zero-order valence-corrected chi connectivity index (χ0v) is 27.7. The van der Waals surface area contributed by atoms with E-state index >= 15 is 0 Å². The SMILES string of the molecule is CCOC(=O)c1ccc(C=CC(=O)NCc2cccn2-c2ccc(Cl)c(COc3cccc4c(-n5ccnc5)cc(C)nc34)c2Cl)cc1. The molecule has 0 saturated carbocycles. The van der Waals surface area contributed by atoms with Crippen LogP contribution in [0.4, 0.5) is 0 Å². The predicted octanol–water partition coefficient (Wildman–Crippen LogP) is 7.91. The minimum atomic E-state index is -0.382. The van der Waals surface area contributed by atoms with Gasteiger partial charge in [0.2, 0.25) is 5.91 Å². The fourth-order valence-electron chi connectivity index (χ4n) is 5.26. The first-order valence-corrected chi connectivity index (χ1v) is 16.0. The molecule has 1 N–H and O–H groups in total. The maximum absolute atomic E-state index is 12.7. The van der Waals surface area contributed by atoms with Gasteiger partial charge in [-0.1, -0.05) is 47.5 Å². The summed E-state index contributed by atoms with van der Waals surface area (Å²) in [5, 5.41) is 4.73. The smallest absolute Gasteiger partial charge is 0.338 e. The van der Waals surface area contributed by atoms with E-state index in [-0.39, 0.29) is 25.0 Å². The number of amides is 1. The summed E-state index contributed by atoms with van der Waals surface area (Å²) in [5.74, 6) is -0.0573. The maximum atomic E-state index is 12.7. The molecule has 6 rings (SSSR count). The summed E-state index contributed by atoms with van der Waals surface area (Å²) in [5.41, 5.74) is 5.87. The highest BCUT2D eigenvalue weighted by molar-refractivity contribution is 6.37. The van der Waals surface area contributed by atoms with Gasteiger partial charge < -0.3 is 23.9 Å². The summed E-state index contributed by atoms with van der Waals surface area (Å²) in [6.07, 6.45) is 10.4. The van der Waals surface area contributed by atoms with Crippen LogP contribution in [0.25, 0.3) is 28.4 Å². The number of ether oxygens (including phenoxy) is 2. The molecule has 0 aliphatic heterocycles. The molecule has 242 valence electrons. The van der Waals surface area contributed by atoms with Crippen molar-refractivity contribution in [2.75, 3.05) is 6.61 Å². The first-order valence-electron chi connectivity index (χ1n) is 15.2. The topological polar surface area (TPSA) is 100 Å². The van der Waals surface area contributed by atoms with Crippen molar-refractivity contribution in [1.29, 1.82) is 0 Å². The Morgan fingerprint density at radius 1 is 0.979 bits per heavy atom. The minimum Gasteiger partial charge on any atom is -0.487 e. The zero-order chi connectivity index (χ0) is 33.6. The van der Waals surface area contributed by atoms with Gasteiger partial charge in [-0.15, -0.1) is 0 Å². The van der Waals surface area contributed by atoms with E-state index in [0.717, 1.165) is 33.5 Å². The molecule has 11 heteroatoms. The Morgan fingerprint density at radius 2 is 1.81 bits per heavy atom. The van der Waals surface area contributed by atoms with Crippen molar-refractivity contribution in [3.63, 3.8) is 0 Å². The number of benzene rings is 3. The van der Waals surface area contributed by atoms with Crippen molar-refractivity contribution in [3.05, 3.63) is 142 Å². The molecule has 0 aliphatic rings. The number of para-hydroxylation sites is 1. The van der Waals surface area contributed by atoms with E-state index < -0.39 is 0 Å². The second kappa shape index (κ2) is 14.6. The van der Waals surface area contributed by atoms with Crippen molar-refractivity contribution in [3.8, 4) is 17.1 Å². The quantitative estimate of drug-likeness (QED) is 0.110. The number of pyridine rings is 1. The lowest BCUT2D eigenvalue weighted by Crippen LogP contribution is -2.21. The van der Waals surface area contributed by atoms with Crippen molar-refractivity contribution in [1.82, 2.24) is 24.4 Å². The Kier molecular flexibility index (Phi) is 9.89. The van der Waals surface area contributed by atoms with Gasteiger partial charge in [0.15, 0.2) is 0 Å². The van der Waals surface area contributed by atoms with Crippen LogP contribution in [0.1, 0.15) is 39.8 Å². The van der Waals surface area contributed by atoms with Crippen LogP contribution < -0.4 is 10.1 Å². The molecule has 0 aliphatic carbocycles. The average Bonchev–Trinajstić information content (AvgIpc) is 3.80. The first-order chi connectivity index (χ1) is 23.3. The van der Waals surface area contributed by atoms with Crippen LogP contribution in [0.2, 0.25) is 10.0 Å². The number of hydrogen-bond donors (Lipinski definition) is 1. The number of carbonyl (C=O) groups is 2. The third kappa shape index (κ3) is 7.12. The summed E-state index contributed by atoms with van der Waals surface area (Å²) < 4.78 is 15.2. The Morgan fingerprint density at radius 3 is 2.58 bits per heavy atom. The number of imidazole rings is 1. The van der Waals surface area contributed by atoms with E-state index in [1.54, 1.807) is 55.9 Å². The molecular weight excluding hydrogens is 649 g/mol. The summed E-state index contributed by atoms with van der Waals surface area (Å²) >= 11 is 13.6. The molecule has 48 heavy (non-hydrogen) atoms. The standard InChI is InChI=1S/C37H31Cl2N5O4/c1-3-47-37(46)26-12-9-25(10-13-26)11-16-34(45)41-21-27-6-5-18-44(27)31-15-14-30(38)29(35(31)39)22-48-33-8-4-7-28-32(43-19-17-40-23-43)20-24(2)42-36(28)33/h4-20,23H,3,21-22H2,1-2H3,(H,41,45). The van der Waals surface area contributed by atoms with Gasteiger partial charge in [-0.05, 0) is 74.0 Å². The van der Waals surface area contributed by atoms with E-state index in [9.17, 15) is 9.59 Å². The van der Waals surface area contributed by atoms with Crippen LogP contribution in [-0.4, -0.2) is 37.6 Å². The fraction of sp³-hybridized carbons (Fsp3) is 0.135. The number of aromatic nitrogens is 4. The number of fused-ring (bicyclic) bond motifs is 1. The number of nitrogens with zero attached hydrogens (tertiary/aromatic N) is 4. The number of nitrogens with one attached hydrogen (secondary N) is 1. The van der Waals surface area contributed by atoms with E-state index in [1.165, 1.54) is 6.08 Å². The second-order valence-electron chi connectivity index (χ2n) is 10.8. The third-order valence-electron chi connectivity index (χ3n) is 7.61. The van der Waals surface area contributed by atoms with Crippen LogP contribution in [0.5, 0.6) is 5.75 Å². The van der Waals surface area contributed by atoms with Gasteiger partial charge >= 0.3 is 5.97 Å². The average molecular weight is 681 g/mol. The summed E-state index contributed by atoms with van der Waals surface area (Å²) in [7, 11) is 0. The maximum Gasteiger partial charge on any atom is 0.338 e. The van der Waals surface area contributed by atoms with Crippen molar-refractivity contribution in [2.24, 2.45) is 0 Å². The van der Waals surface area contributed by atoms with Crippen LogP contribution in [-0.2, 0) is 22.7 Å². The Hall–Kier alpha value is -5.38. The van der Waals surface area contributed by atoms with E-state index in [1.807, 2.05) is 70.9 Å². The number of hydrogen-bond acceptors (Lipinski definition) is 6. The summed E-state index contributed by atoms with van der Waals surface area (Å²) in [4.78, 5) is 33.5. The number of halogens is 2. The molecule has 3 aromatic carbocycles. The molecule has 0 unspecified atom stereocenters. The van der Waals surface area contributed by atoms with Crippen molar-refractivity contribution in [2.45, 2.75) is 27.0 Å². The molecule has 1 amide bonds. The minimum absolute atomic E-state index is 0.111. The van der Waals surface area contributed by atoms with Gasteiger partial charge in [0, 0.05) is 52.0 Å². The molecule has 0 spiro atoms. The number of esters is 1.